The van der Waals surface area contributed by atoms with E-state index >= 15 is 0 Å². The fourth-order valence-electron chi connectivity index (χ4n) is 6.22. The zero-order valence-electron chi connectivity index (χ0n) is 22.2. The second-order valence-corrected chi connectivity index (χ2v) is 10.9. The van der Waals surface area contributed by atoms with Crippen LogP contribution >= 0.6 is 0 Å². The quantitative estimate of drug-likeness (QED) is 0.584. The highest BCUT2D eigenvalue weighted by molar-refractivity contribution is 5.97. The molecule has 1 saturated heterocycles. The second kappa shape index (κ2) is 12.0. The van der Waals surface area contributed by atoms with E-state index in [9.17, 15) is 14.4 Å². The molecule has 0 unspecified atom stereocenters. The van der Waals surface area contributed by atoms with Gasteiger partial charge in [-0.3, -0.25) is 19.3 Å². The van der Waals surface area contributed by atoms with Crippen LogP contribution in [0.15, 0.2) is 36.8 Å². The molecule has 9 heteroatoms. The number of likely N-dealkylation sites (tertiary alicyclic amines) is 1. The van der Waals surface area contributed by atoms with Gasteiger partial charge in [0.05, 0.1) is 12.2 Å². The largest absolute Gasteiger partial charge is 0.357 e. The van der Waals surface area contributed by atoms with Crippen molar-refractivity contribution < 1.29 is 14.4 Å². The molecule has 0 bridgehead atoms. The summed E-state index contributed by atoms with van der Waals surface area (Å²) < 4.78 is 0. The highest BCUT2D eigenvalue weighted by atomic mass is 16.2. The number of amides is 3. The van der Waals surface area contributed by atoms with Gasteiger partial charge in [-0.25, -0.2) is 9.97 Å². The second-order valence-electron chi connectivity index (χ2n) is 10.9. The van der Waals surface area contributed by atoms with Gasteiger partial charge in [0, 0.05) is 56.5 Å². The molecular weight excluding hydrogens is 480 g/mol. The third-order valence-electron chi connectivity index (χ3n) is 8.34. The molecule has 1 aromatic heterocycles. The highest BCUT2D eigenvalue weighted by Gasteiger charge is 2.32. The average Bonchev–Trinajstić information content (AvgIpc) is 3.38. The first-order valence-corrected chi connectivity index (χ1v) is 13.9. The van der Waals surface area contributed by atoms with Gasteiger partial charge in [0.25, 0.3) is 5.91 Å². The van der Waals surface area contributed by atoms with Gasteiger partial charge in [-0.1, -0.05) is 31.4 Å². The molecule has 3 amide bonds. The van der Waals surface area contributed by atoms with E-state index in [0.717, 1.165) is 61.9 Å². The predicted molar refractivity (Wildman–Crippen MR) is 143 cm³/mol. The van der Waals surface area contributed by atoms with E-state index in [1.807, 2.05) is 29.3 Å². The molecular formula is C29H38N6O3. The molecule has 2 fully saturated rings. The van der Waals surface area contributed by atoms with Crippen molar-refractivity contribution in [3.05, 3.63) is 59.2 Å². The average molecular weight is 519 g/mol. The number of carbonyl (C=O) groups excluding carboxylic acids is 3. The highest BCUT2D eigenvalue weighted by Crippen LogP contribution is 2.29. The van der Waals surface area contributed by atoms with Gasteiger partial charge in [0.2, 0.25) is 11.8 Å². The summed E-state index contributed by atoms with van der Waals surface area (Å²) in [4.78, 5) is 51.5. The fourth-order valence-corrected chi connectivity index (χ4v) is 6.22. The molecule has 1 saturated carbocycles. The Morgan fingerprint density at radius 2 is 1.92 bits per heavy atom. The molecule has 38 heavy (non-hydrogen) atoms. The summed E-state index contributed by atoms with van der Waals surface area (Å²) in [6.45, 7) is 3.15. The van der Waals surface area contributed by atoms with Crippen molar-refractivity contribution in [3.8, 4) is 0 Å². The number of nitrogens with one attached hydrogen (secondary N) is 2. The van der Waals surface area contributed by atoms with Gasteiger partial charge in [-0.15, -0.1) is 0 Å². The Hall–Kier alpha value is -3.33. The molecule has 2 aromatic rings. The Morgan fingerprint density at radius 3 is 2.71 bits per heavy atom. The van der Waals surface area contributed by atoms with E-state index < -0.39 is 6.04 Å². The van der Waals surface area contributed by atoms with Crippen LogP contribution in [0.3, 0.4) is 0 Å². The normalized spacial score (nSPS) is 21.0. The van der Waals surface area contributed by atoms with Crippen molar-refractivity contribution in [2.24, 2.45) is 5.92 Å². The van der Waals surface area contributed by atoms with Gasteiger partial charge < -0.3 is 15.5 Å². The van der Waals surface area contributed by atoms with Crippen LogP contribution in [0.5, 0.6) is 0 Å². The van der Waals surface area contributed by atoms with Crippen LogP contribution in [0.1, 0.15) is 78.0 Å². The number of carbonyl (C=O) groups is 3. The molecule has 1 aromatic carbocycles. The predicted octanol–water partition coefficient (Wildman–Crippen LogP) is 2.62. The summed E-state index contributed by atoms with van der Waals surface area (Å²) in [7, 11) is 1.62. The van der Waals surface area contributed by atoms with Gasteiger partial charge in [0.15, 0.2) is 0 Å². The Kier molecular flexibility index (Phi) is 8.32. The minimum Gasteiger partial charge on any atom is -0.357 e. The zero-order chi connectivity index (χ0) is 26.5. The summed E-state index contributed by atoms with van der Waals surface area (Å²) in [6.07, 6.45) is 10.6. The number of hydrogen-bond acceptors (Lipinski definition) is 6. The smallest absolute Gasteiger partial charge is 0.251 e. The van der Waals surface area contributed by atoms with Gasteiger partial charge in [0.1, 0.15) is 12.4 Å². The third kappa shape index (κ3) is 6.04. The number of fused-ring (bicyclic) bond motifs is 1. The van der Waals surface area contributed by atoms with Crippen LogP contribution in [0, 0.1) is 5.92 Å². The van der Waals surface area contributed by atoms with E-state index in [2.05, 4.69) is 25.5 Å². The van der Waals surface area contributed by atoms with Crippen molar-refractivity contribution in [3.63, 3.8) is 0 Å². The van der Waals surface area contributed by atoms with Crippen LogP contribution in [-0.2, 0) is 22.7 Å². The maximum absolute atomic E-state index is 13.2. The van der Waals surface area contributed by atoms with E-state index in [1.54, 1.807) is 19.4 Å². The standard InChI is InChI=1S/C29H38N6O3/c1-30-29(38)27(20-7-3-2-4-8-20)33-28(37)22-10-5-9-21(13-22)23-11-6-12-35(16-23)26(36)18-34-15-24-14-31-19-32-25(24)17-34/h5,9-10,13-14,19-20,23,27H,2-4,6-8,11-12,15-18H2,1H3,(H,30,38)(H,33,37)/t23-,27+/m0/s1. The van der Waals surface area contributed by atoms with Crippen molar-refractivity contribution >= 4 is 17.7 Å². The van der Waals surface area contributed by atoms with E-state index in [-0.39, 0.29) is 29.6 Å². The monoisotopic (exact) mass is 518 g/mol. The molecule has 2 atom stereocenters. The maximum Gasteiger partial charge on any atom is 0.251 e. The van der Waals surface area contributed by atoms with Crippen LogP contribution < -0.4 is 10.6 Å². The minimum absolute atomic E-state index is 0.129. The summed E-state index contributed by atoms with van der Waals surface area (Å²) in [6, 6.07) is 7.18. The van der Waals surface area contributed by atoms with Crippen molar-refractivity contribution in [2.45, 2.75) is 70.0 Å². The Labute approximate surface area is 224 Å². The number of rotatable bonds is 7. The molecule has 0 spiro atoms. The molecule has 0 radical (unpaired) electrons. The third-order valence-corrected chi connectivity index (χ3v) is 8.34. The van der Waals surface area contributed by atoms with E-state index in [4.69, 9.17) is 0 Å². The fraction of sp³-hybridized carbons (Fsp3) is 0.552. The first-order valence-electron chi connectivity index (χ1n) is 13.9. The molecule has 2 aliphatic heterocycles. The molecule has 9 nitrogen and oxygen atoms in total. The minimum atomic E-state index is -0.512. The maximum atomic E-state index is 13.2. The molecule has 2 N–H and O–H groups in total. The summed E-state index contributed by atoms with van der Waals surface area (Å²) in [5, 5.41) is 5.76. The zero-order valence-corrected chi connectivity index (χ0v) is 22.2. The van der Waals surface area contributed by atoms with Crippen molar-refractivity contribution in [1.29, 1.82) is 0 Å². The van der Waals surface area contributed by atoms with Crippen molar-refractivity contribution in [1.82, 2.24) is 30.4 Å². The number of aromatic nitrogens is 2. The molecule has 5 rings (SSSR count). The topological polar surface area (TPSA) is 108 Å². The number of piperidine rings is 1. The Morgan fingerprint density at radius 1 is 1.08 bits per heavy atom. The first kappa shape index (κ1) is 26.3. The lowest BCUT2D eigenvalue weighted by Crippen LogP contribution is -2.50. The number of nitrogens with zero attached hydrogens (tertiary/aromatic N) is 4. The van der Waals surface area contributed by atoms with Crippen LogP contribution in [0.25, 0.3) is 0 Å². The van der Waals surface area contributed by atoms with Crippen LogP contribution in [0.2, 0.25) is 0 Å². The number of benzene rings is 1. The molecule has 202 valence electrons. The lowest BCUT2D eigenvalue weighted by Gasteiger charge is -2.34. The number of hydrogen-bond donors (Lipinski definition) is 2. The van der Waals surface area contributed by atoms with Gasteiger partial charge in [-0.2, -0.15) is 0 Å². The van der Waals surface area contributed by atoms with Gasteiger partial charge >= 0.3 is 0 Å². The summed E-state index contributed by atoms with van der Waals surface area (Å²) in [5.41, 5.74) is 3.72. The lowest BCUT2D eigenvalue weighted by atomic mass is 9.83. The van der Waals surface area contributed by atoms with Gasteiger partial charge in [-0.05, 0) is 49.3 Å². The SMILES string of the molecule is CNC(=O)[C@H](NC(=O)c1cccc([C@H]2CCCN(C(=O)CN3Cc4cncnc4C3)C2)c1)C1CCCCC1. The van der Waals surface area contributed by atoms with E-state index in [0.29, 0.717) is 31.7 Å². The van der Waals surface area contributed by atoms with E-state index in [1.165, 1.54) is 6.42 Å². The lowest BCUT2D eigenvalue weighted by molar-refractivity contribution is -0.133. The van der Waals surface area contributed by atoms with Crippen LogP contribution in [-0.4, -0.2) is 70.2 Å². The van der Waals surface area contributed by atoms with Crippen molar-refractivity contribution in [2.75, 3.05) is 26.7 Å². The Balaban J connectivity index is 1.21. The Bertz CT molecular complexity index is 1140. The van der Waals surface area contributed by atoms with Crippen LogP contribution in [0.4, 0.5) is 0 Å². The first-order chi connectivity index (χ1) is 18.5. The molecule has 3 heterocycles. The summed E-state index contributed by atoms with van der Waals surface area (Å²) >= 11 is 0. The molecule has 3 aliphatic rings. The molecule has 1 aliphatic carbocycles. The number of likely N-dealkylation sites (N-methyl/N-ethyl adjacent to an activating group) is 1. The summed E-state index contributed by atoms with van der Waals surface area (Å²) in [5.74, 6) is 0.132.